The average molecular weight is 359 g/mol. The molecule has 0 unspecified atom stereocenters. The lowest BCUT2D eigenvalue weighted by Crippen LogP contribution is -2.32. The van der Waals surface area contributed by atoms with E-state index in [0.717, 1.165) is 6.07 Å². The second kappa shape index (κ2) is 5.40. The van der Waals surface area contributed by atoms with Crippen LogP contribution in [0.2, 0.25) is 0 Å². The fraction of sp³-hybridized carbons (Fsp3) is 0.357. The van der Waals surface area contributed by atoms with E-state index in [4.69, 9.17) is 4.74 Å². The smallest absolute Gasteiger partial charge is 0.407 e. The minimum atomic E-state index is -9.69. The molecule has 0 radical (unpaired) electrons. The monoisotopic (exact) mass is 359 g/mol. The third-order valence-electron chi connectivity index (χ3n) is 2.38. The molecule has 1 aromatic carbocycles. The van der Waals surface area contributed by atoms with E-state index >= 15 is 0 Å². The van der Waals surface area contributed by atoms with Crippen LogP contribution in [-0.2, 0) is 4.74 Å². The van der Waals surface area contributed by atoms with Gasteiger partial charge in [-0.3, -0.25) is 0 Å². The van der Waals surface area contributed by atoms with Crippen LogP contribution in [0, 0.1) is 0 Å². The third-order valence-corrected chi connectivity index (χ3v) is 3.52. The molecule has 3 nitrogen and oxygen atoms in total. The maximum atomic E-state index is 12.7. The molecular weight excluding hydrogens is 341 g/mol. The van der Waals surface area contributed by atoms with Gasteiger partial charge in [0.1, 0.15) is 10.5 Å². The second-order valence-electron chi connectivity index (χ2n) is 5.83. The summed E-state index contributed by atoms with van der Waals surface area (Å²) in [6, 6.07) is 2.84. The zero-order valence-corrected chi connectivity index (χ0v) is 13.6. The van der Waals surface area contributed by atoms with Gasteiger partial charge in [-0.15, -0.1) is 0 Å². The highest BCUT2D eigenvalue weighted by Gasteiger charge is 2.65. The lowest BCUT2D eigenvalue weighted by Gasteiger charge is -2.40. The second-order valence-corrected chi connectivity index (χ2v) is 8.24. The Balaban J connectivity index is 2.72. The summed E-state index contributed by atoms with van der Waals surface area (Å²) in [4.78, 5) is 9.38. The van der Waals surface area contributed by atoms with Crippen LogP contribution in [0.4, 0.5) is 24.2 Å². The van der Waals surface area contributed by atoms with Crippen LogP contribution in [-0.4, -0.2) is 18.2 Å². The molecule has 0 atom stereocenters. The van der Waals surface area contributed by atoms with Gasteiger partial charge < -0.3 is 10.1 Å². The molecule has 0 heterocycles. The van der Waals surface area contributed by atoms with E-state index in [2.05, 4.69) is 5.32 Å². The van der Waals surface area contributed by atoms with Crippen molar-refractivity contribution in [2.24, 2.45) is 0 Å². The Morgan fingerprint density at radius 1 is 1.22 bits per heavy atom. The minimum absolute atomic E-state index is 0.0183. The minimum Gasteiger partial charge on any atom is -0.444 e. The molecule has 1 aromatic rings. The van der Waals surface area contributed by atoms with Crippen LogP contribution < -0.4 is 5.32 Å². The maximum Gasteiger partial charge on any atom is 0.407 e. The first-order chi connectivity index (χ1) is 10.1. The Hall–Kier alpha value is -1.77. The van der Waals surface area contributed by atoms with E-state index < -0.39 is 26.8 Å². The molecule has 0 aliphatic heterocycles. The summed E-state index contributed by atoms with van der Waals surface area (Å²) in [5, 5.41) is 2.36. The maximum absolute atomic E-state index is 12.7. The van der Waals surface area contributed by atoms with Gasteiger partial charge in [-0.05, 0) is 38.5 Å². The van der Waals surface area contributed by atoms with Gasteiger partial charge in [0.05, 0.1) is 0 Å². The van der Waals surface area contributed by atoms with Crippen molar-refractivity contribution in [2.45, 2.75) is 31.3 Å². The molecule has 1 N–H and O–H groups in total. The van der Waals surface area contributed by atoms with E-state index in [0.29, 0.717) is 12.1 Å². The number of carbonyl (C=O) groups excluding carboxylic acids is 1. The number of halogens is 5. The first-order valence-corrected chi connectivity index (χ1v) is 8.49. The fourth-order valence-corrected chi connectivity index (χ4v) is 2.20. The molecule has 0 spiro atoms. The standard InChI is InChI=1S/C14H18F5NO2S/c1-14(2,3)22-13(21)20-9-5-7-11-6-4-8-12(10-11)23(15,16,17,18)19/h4-8,10H,9H2,1-3H3,(H,20,21). The van der Waals surface area contributed by atoms with Crippen LogP contribution in [0.1, 0.15) is 26.3 Å². The predicted molar refractivity (Wildman–Crippen MR) is 81.1 cm³/mol. The molecule has 23 heavy (non-hydrogen) atoms. The van der Waals surface area contributed by atoms with Crippen molar-refractivity contribution in [3.05, 3.63) is 35.9 Å². The molecule has 0 saturated heterocycles. The quantitative estimate of drug-likeness (QED) is 0.682. The average Bonchev–Trinajstić information content (AvgIpc) is 2.30. The lowest BCUT2D eigenvalue weighted by molar-refractivity contribution is 0.0534. The fourth-order valence-electron chi connectivity index (χ4n) is 1.51. The van der Waals surface area contributed by atoms with E-state index in [-0.39, 0.29) is 12.1 Å². The summed E-state index contributed by atoms with van der Waals surface area (Å²) in [5.74, 6) is 0. The zero-order valence-electron chi connectivity index (χ0n) is 12.8. The van der Waals surface area contributed by atoms with Gasteiger partial charge in [-0.1, -0.05) is 43.7 Å². The molecule has 0 bridgehead atoms. The summed E-state index contributed by atoms with van der Waals surface area (Å²) in [6.45, 7) is 5.01. The summed E-state index contributed by atoms with van der Waals surface area (Å²) in [6.07, 6.45) is 1.83. The number of carbonyl (C=O) groups is 1. The Labute approximate surface area is 131 Å². The van der Waals surface area contributed by atoms with Crippen LogP contribution in [0.3, 0.4) is 0 Å². The van der Waals surface area contributed by atoms with E-state index in [9.17, 15) is 24.2 Å². The normalized spacial score (nSPS) is 15.8. The molecule has 0 aromatic heterocycles. The van der Waals surface area contributed by atoms with E-state index in [1.54, 1.807) is 20.8 Å². The van der Waals surface area contributed by atoms with Crippen molar-refractivity contribution in [1.29, 1.82) is 0 Å². The number of alkyl carbamates (subject to hydrolysis) is 1. The summed E-state index contributed by atoms with van der Waals surface area (Å²) >= 11 is 0. The summed E-state index contributed by atoms with van der Waals surface area (Å²) in [7, 11) is -9.69. The highest BCUT2D eigenvalue weighted by Crippen LogP contribution is 3.02. The van der Waals surface area contributed by atoms with Crippen molar-refractivity contribution in [3.63, 3.8) is 0 Å². The molecule has 0 saturated carbocycles. The third kappa shape index (κ3) is 7.36. The van der Waals surface area contributed by atoms with Gasteiger partial charge in [0.15, 0.2) is 0 Å². The number of benzene rings is 1. The SMILES string of the molecule is CC(C)(C)OC(=O)NCC=Cc1cccc(S(F)(F)(F)(F)F)c1. The Bertz CT molecular complexity index is 620. The highest BCUT2D eigenvalue weighted by atomic mass is 32.5. The Morgan fingerprint density at radius 3 is 2.35 bits per heavy atom. The van der Waals surface area contributed by atoms with Gasteiger partial charge >= 0.3 is 16.3 Å². The van der Waals surface area contributed by atoms with Crippen molar-refractivity contribution >= 4 is 22.4 Å². The molecular formula is C14H18F5NO2S. The van der Waals surface area contributed by atoms with Crippen LogP contribution in [0.25, 0.3) is 6.08 Å². The van der Waals surface area contributed by atoms with Crippen molar-refractivity contribution in [2.75, 3.05) is 6.54 Å². The molecule has 0 aliphatic carbocycles. The molecule has 0 fully saturated rings. The molecule has 132 valence electrons. The Kier molecular flexibility index (Phi) is 4.52. The number of hydrogen-bond acceptors (Lipinski definition) is 2. The van der Waals surface area contributed by atoms with Crippen molar-refractivity contribution in [1.82, 2.24) is 5.32 Å². The lowest BCUT2D eigenvalue weighted by atomic mass is 10.2. The van der Waals surface area contributed by atoms with Crippen LogP contribution in [0.15, 0.2) is 35.2 Å². The van der Waals surface area contributed by atoms with Gasteiger partial charge in [0, 0.05) is 6.54 Å². The zero-order chi connectivity index (χ0) is 18.0. The topological polar surface area (TPSA) is 38.3 Å². The Morgan fingerprint density at radius 2 is 1.83 bits per heavy atom. The van der Waals surface area contributed by atoms with Gasteiger partial charge in [0.2, 0.25) is 0 Å². The summed E-state index contributed by atoms with van der Waals surface area (Å²) in [5.41, 5.74) is -0.731. The van der Waals surface area contributed by atoms with Crippen LogP contribution >= 0.6 is 10.2 Å². The molecule has 0 aliphatic rings. The number of hydrogen-bond donors (Lipinski definition) is 1. The van der Waals surface area contributed by atoms with Gasteiger partial charge in [-0.2, -0.15) is 0 Å². The van der Waals surface area contributed by atoms with Crippen LogP contribution in [0.5, 0.6) is 0 Å². The predicted octanol–water partition coefficient (Wildman–Crippen LogP) is 5.88. The highest BCUT2D eigenvalue weighted by molar-refractivity contribution is 8.45. The molecule has 9 heteroatoms. The van der Waals surface area contributed by atoms with Gasteiger partial charge in [0.25, 0.3) is 0 Å². The van der Waals surface area contributed by atoms with E-state index in [1.165, 1.54) is 18.2 Å². The number of rotatable bonds is 4. The van der Waals surface area contributed by atoms with Crippen molar-refractivity contribution < 1.29 is 29.0 Å². The van der Waals surface area contributed by atoms with Crippen molar-refractivity contribution in [3.8, 4) is 0 Å². The number of amides is 1. The number of ether oxygens (including phenoxy) is 1. The summed E-state index contributed by atoms with van der Waals surface area (Å²) < 4.78 is 68.4. The van der Waals surface area contributed by atoms with Gasteiger partial charge in [-0.25, -0.2) is 4.79 Å². The first-order valence-electron chi connectivity index (χ1n) is 6.54. The van der Waals surface area contributed by atoms with E-state index in [1.807, 2.05) is 0 Å². The first kappa shape index (κ1) is 19.3. The molecule has 1 rings (SSSR count). The number of nitrogens with one attached hydrogen (secondary N) is 1. The largest absolute Gasteiger partial charge is 0.444 e. The molecule has 1 amide bonds.